The molecule has 3 saturated carbocycles. The number of hydrogen-bond donors (Lipinski definition) is 2. The summed E-state index contributed by atoms with van der Waals surface area (Å²) in [5.74, 6) is 2.98. The first-order valence-electron chi connectivity index (χ1n) is 7.26. The van der Waals surface area contributed by atoms with Crippen molar-refractivity contribution >= 4 is 5.91 Å². The monoisotopic (exact) mass is 236 g/mol. The third-order valence-electron chi connectivity index (χ3n) is 4.89. The van der Waals surface area contributed by atoms with Gasteiger partial charge in [0.05, 0.1) is 6.04 Å². The van der Waals surface area contributed by atoms with Crippen molar-refractivity contribution in [1.82, 2.24) is 10.6 Å². The van der Waals surface area contributed by atoms with E-state index in [1.165, 1.54) is 38.5 Å². The van der Waals surface area contributed by atoms with Crippen LogP contribution in [0, 0.1) is 17.8 Å². The maximum absolute atomic E-state index is 11.8. The SMILES string of the molecule is CC(NCC1CC2CCC1C2)C(=O)NC1CC1. The molecule has 0 spiro atoms. The van der Waals surface area contributed by atoms with Gasteiger partial charge in [0.1, 0.15) is 0 Å². The minimum atomic E-state index is -0.0188. The molecule has 3 rings (SSSR count). The Balaban J connectivity index is 1.39. The molecule has 3 aliphatic rings. The van der Waals surface area contributed by atoms with Gasteiger partial charge in [-0.2, -0.15) is 0 Å². The van der Waals surface area contributed by atoms with Gasteiger partial charge in [0.25, 0.3) is 0 Å². The Morgan fingerprint density at radius 1 is 1.24 bits per heavy atom. The Hall–Kier alpha value is -0.570. The van der Waals surface area contributed by atoms with Crippen LogP contribution >= 0.6 is 0 Å². The molecule has 96 valence electrons. The summed E-state index contributed by atoms with van der Waals surface area (Å²) in [6.07, 6.45) is 8.08. The van der Waals surface area contributed by atoms with Crippen molar-refractivity contribution < 1.29 is 4.79 Å². The number of amides is 1. The molecule has 1 amide bonds. The molecule has 17 heavy (non-hydrogen) atoms. The summed E-state index contributed by atoms with van der Waals surface area (Å²) in [5.41, 5.74) is 0. The Morgan fingerprint density at radius 3 is 2.65 bits per heavy atom. The Kier molecular flexibility index (Phi) is 3.12. The molecule has 0 saturated heterocycles. The summed E-state index contributed by atoms with van der Waals surface area (Å²) in [5, 5.41) is 6.49. The van der Waals surface area contributed by atoms with E-state index >= 15 is 0 Å². The van der Waals surface area contributed by atoms with Gasteiger partial charge in [-0.15, -0.1) is 0 Å². The molecular formula is C14H24N2O. The molecule has 3 fully saturated rings. The van der Waals surface area contributed by atoms with Crippen molar-refractivity contribution in [2.45, 2.75) is 57.5 Å². The van der Waals surface area contributed by atoms with Crippen LogP contribution in [0.15, 0.2) is 0 Å². The Labute approximate surface area is 104 Å². The van der Waals surface area contributed by atoms with E-state index in [2.05, 4.69) is 10.6 Å². The van der Waals surface area contributed by atoms with E-state index in [9.17, 15) is 4.79 Å². The number of rotatable bonds is 5. The topological polar surface area (TPSA) is 41.1 Å². The molecule has 0 aromatic rings. The van der Waals surface area contributed by atoms with Gasteiger partial charge in [-0.3, -0.25) is 4.79 Å². The first-order chi connectivity index (χ1) is 8.22. The lowest BCUT2D eigenvalue weighted by molar-refractivity contribution is -0.122. The Bertz CT molecular complexity index is 301. The zero-order valence-corrected chi connectivity index (χ0v) is 10.7. The predicted molar refractivity (Wildman–Crippen MR) is 67.6 cm³/mol. The minimum Gasteiger partial charge on any atom is -0.352 e. The zero-order chi connectivity index (χ0) is 11.8. The number of hydrogen-bond acceptors (Lipinski definition) is 2. The summed E-state index contributed by atoms with van der Waals surface area (Å²) in [4.78, 5) is 11.8. The van der Waals surface area contributed by atoms with Crippen LogP contribution in [-0.4, -0.2) is 24.5 Å². The molecule has 0 aromatic carbocycles. The average molecular weight is 236 g/mol. The lowest BCUT2D eigenvalue weighted by Crippen LogP contribution is -2.45. The molecule has 2 N–H and O–H groups in total. The highest BCUT2D eigenvalue weighted by molar-refractivity contribution is 5.81. The second kappa shape index (κ2) is 4.60. The van der Waals surface area contributed by atoms with Crippen LogP contribution in [0.3, 0.4) is 0 Å². The normalized spacial score (nSPS) is 37.1. The summed E-state index contributed by atoms with van der Waals surface area (Å²) >= 11 is 0. The van der Waals surface area contributed by atoms with Crippen molar-refractivity contribution in [2.24, 2.45) is 17.8 Å². The van der Waals surface area contributed by atoms with E-state index < -0.39 is 0 Å². The van der Waals surface area contributed by atoms with E-state index in [0.29, 0.717) is 6.04 Å². The van der Waals surface area contributed by atoms with Gasteiger partial charge in [0, 0.05) is 6.04 Å². The van der Waals surface area contributed by atoms with Gasteiger partial charge in [-0.05, 0) is 63.3 Å². The van der Waals surface area contributed by atoms with Crippen molar-refractivity contribution in [3.05, 3.63) is 0 Å². The summed E-state index contributed by atoms with van der Waals surface area (Å²) in [6.45, 7) is 3.03. The highest BCUT2D eigenvalue weighted by Crippen LogP contribution is 2.47. The Morgan fingerprint density at radius 2 is 2.06 bits per heavy atom. The van der Waals surface area contributed by atoms with Crippen molar-refractivity contribution in [3.63, 3.8) is 0 Å². The van der Waals surface area contributed by atoms with E-state index in [1.54, 1.807) is 0 Å². The molecular weight excluding hydrogens is 212 g/mol. The summed E-state index contributed by atoms with van der Waals surface area (Å²) in [6, 6.07) is 0.462. The molecule has 2 bridgehead atoms. The molecule has 0 radical (unpaired) electrons. The maximum Gasteiger partial charge on any atom is 0.237 e. The second-order valence-electron chi connectivity index (χ2n) is 6.35. The van der Waals surface area contributed by atoms with Gasteiger partial charge < -0.3 is 10.6 Å². The van der Waals surface area contributed by atoms with Crippen molar-refractivity contribution in [2.75, 3.05) is 6.54 Å². The summed E-state index contributed by atoms with van der Waals surface area (Å²) in [7, 11) is 0. The lowest BCUT2D eigenvalue weighted by Gasteiger charge is -2.23. The van der Waals surface area contributed by atoms with Gasteiger partial charge in [0.15, 0.2) is 0 Å². The maximum atomic E-state index is 11.8. The van der Waals surface area contributed by atoms with Gasteiger partial charge in [-0.1, -0.05) is 6.42 Å². The molecule has 3 heteroatoms. The molecule has 0 aliphatic heterocycles. The van der Waals surface area contributed by atoms with Crippen LogP contribution in [-0.2, 0) is 4.79 Å². The van der Waals surface area contributed by atoms with Gasteiger partial charge >= 0.3 is 0 Å². The average Bonchev–Trinajstić information content (AvgIpc) is 2.90. The van der Waals surface area contributed by atoms with Crippen LogP contribution in [0.1, 0.15) is 45.4 Å². The molecule has 3 nitrogen and oxygen atoms in total. The lowest BCUT2D eigenvalue weighted by atomic mass is 9.89. The molecule has 0 heterocycles. The molecule has 0 aromatic heterocycles. The van der Waals surface area contributed by atoms with E-state index in [0.717, 1.165) is 24.3 Å². The fourth-order valence-electron chi connectivity index (χ4n) is 3.60. The quantitative estimate of drug-likeness (QED) is 0.762. The van der Waals surface area contributed by atoms with E-state index in [-0.39, 0.29) is 11.9 Å². The predicted octanol–water partition coefficient (Wildman–Crippen LogP) is 1.68. The van der Waals surface area contributed by atoms with Crippen LogP contribution < -0.4 is 10.6 Å². The van der Waals surface area contributed by atoms with Gasteiger partial charge in [0.2, 0.25) is 5.91 Å². The van der Waals surface area contributed by atoms with E-state index in [4.69, 9.17) is 0 Å². The highest BCUT2D eigenvalue weighted by Gasteiger charge is 2.39. The number of carbonyl (C=O) groups excluding carboxylic acids is 1. The van der Waals surface area contributed by atoms with Crippen LogP contribution in [0.5, 0.6) is 0 Å². The van der Waals surface area contributed by atoms with Crippen LogP contribution in [0.2, 0.25) is 0 Å². The molecule has 4 atom stereocenters. The van der Waals surface area contributed by atoms with E-state index in [1.807, 2.05) is 6.92 Å². The summed E-state index contributed by atoms with van der Waals surface area (Å²) < 4.78 is 0. The fraction of sp³-hybridized carbons (Fsp3) is 0.929. The van der Waals surface area contributed by atoms with Gasteiger partial charge in [-0.25, -0.2) is 0 Å². The first kappa shape index (κ1) is 11.5. The number of fused-ring (bicyclic) bond motifs is 2. The zero-order valence-electron chi connectivity index (χ0n) is 10.7. The first-order valence-corrected chi connectivity index (χ1v) is 7.26. The fourth-order valence-corrected chi connectivity index (χ4v) is 3.60. The standard InChI is InChI=1S/C14H24N2O/c1-9(14(17)16-13-4-5-13)15-8-12-7-10-2-3-11(12)6-10/h9-13,15H,2-8H2,1H3,(H,16,17). The molecule has 4 unspecified atom stereocenters. The van der Waals surface area contributed by atoms with Crippen molar-refractivity contribution in [3.8, 4) is 0 Å². The minimum absolute atomic E-state index is 0.0188. The third-order valence-corrected chi connectivity index (χ3v) is 4.89. The number of nitrogens with one attached hydrogen (secondary N) is 2. The third kappa shape index (κ3) is 2.65. The smallest absolute Gasteiger partial charge is 0.237 e. The highest BCUT2D eigenvalue weighted by atomic mass is 16.2. The van der Waals surface area contributed by atoms with Crippen molar-refractivity contribution in [1.29, 1.82) is 0 Å². The second-order valence-corrected chi connectivity index (χ2v) is 6.35. The van der Waals surface area contributed by atoms with Crippen LogP contribution in [0.4, 0.5) is 0 Å². The largest absolute Gasteiger partial charge is 0.352 e. The number of carbonyl (C=O) groups is 1. The molecule has 3 aliphatic carbocycles. The van der Waals surface area contributed by atoms with Crippen LogP contribution in [0.25, 0.3) is 0 Å².